The Morgan fingerprint density at radius 3 is 2.29 bits per heavy atom. The molecule has 0 unspecified atom stereocenters. The van der Waals surface area contributed by atoms with Crippen molar-refractivity contribution in [2.75, 3.05) is 0 Å². The summed E-state index contributed by atoms with van der Waals surface area (Å²) in [5.74, 6) is -0.605. The predicted octanol–water partition coefficient (Wildman–Crippen LogP) is 2.89. The van der Waals surface area contributed by atoms with Gasteiger partial charge in [0, 0.05) is 17.9 Å². The Hall–Kier alpha value is -1.25. The minimum Gasteiger partial charge on any atom is -0.478 e. The van der Waals surface area contributed by atoms with E-state index in [1.54, 1.807) is 6.07 Å². The zero-order valence-electron chi connectivity index (χ0n) is 9.11. The second kappa shape index (κ2) is 3.86. The smallest absolute Gasteiger partial charge is 0.337 e. The highest BCUT2D eigenvalue weighted by atomic mass is 16.4. The Kier molecular flexibility index (Phi) is 2.99. The molecule has 1 aromatic rings. The van der Waals surface area contributed by atoms with Crippen molar-refractivity contribution in [3.8, 4) is 0 Å². The zero-order valence-corrected chi connectivity index (χ0v) is 9.11. The first kappa shape index (κ1) is 10.8. The van der Waals surface area contributed by atoms with Gasteiger partial charge >= 0.3 is 5.97 Å². The maximum atomic E-state index is 10.9. The van der Waals surface area contributed by atoms with Crippen LogP contribution < -0.4 is 0 Å². The minimum atomic E-state index is -0.840. The van der Waals surface area contributed by atoms with Crippen molar-refractivity contribution in [1.29, 1.82) is 0 Å². The van der Waals surface area contributed by atoms with Gasteiger partial charge in [-0.25, -0.2) is 4.79 Å². The van der Waals surface area contributed by atoms with Crippen LogP contribution in [0.25, 0.3) is 0 Å². The molecular weight excluding hydrogens is 178 g/mol. The van der Waals surface area contributed by atoms with Gasteiger partial charge in [-0.3, -0.25) is 0 Å². The molecule has 3 nitrogen and oxygen atoms in total. The fourth-order valence-corrected chi connectivity index (χ4v) is 1.70. The molecule has 1 aromatic heterocycles. The van der Waals surface area contributed by atoms with E-state index in [0.717, 1.165) is 5.69 Å². The molecule has 0 aliphatic heterocycles. The number of carboxylic acids is 1. The fraction of sp³-hybridized carbons (Fsp3) is 0.545. The zero-order chi connectivity index (χ0) is 10.9. The van der Waals surface area contributed by atoms with E-state index in [4.69, 9.17) is 5.11 Å². The van der Waals surface area contributed by atoms with Gasteiger partial charge in [-0.05, 0) is 25.8 Å². The Labute approximate surface area is 84.4 Å². The molecule has 0 saturated carbocycles. The van der Waals surface area contributed by atoms with Crippen LogP contribution in [-0.2, 0) is 0 Å². The summed E-state index contributed by atoms with van der Waals surface area (Å²) in [4.78, 5) is 10.9. The second-order valence-corrected chi connectivity index (χ2v) is 4.08. The fourth-order valence-electron chi connectivity index (χ4n) is 1.70. The Morgan fingerprint density at radius 1 is 1.36 bits per heavy atom. The van der Waals surface area contributed by atoms with Crippen LogP contribution in [0.3, 0.4) is 0 Å². The van der Waals surface area contributed by atoms with E-state index in [1.165, 1.54) is 0 Å². The van der Waals surface area contributed by atoms with E-state index < -0.39 is 5.97 Å². The van der Waals surface area contributed by atoms with E-state index in [2.05, 4.69) is 13.8 Å². The first-order valence-corrected chi connectivity index (χ1v) is 4.89. The maximum Gasteiger partial charge on any atom is 0.337 e. The summed E-state index contributed by atoms with van der Waals surface area (Å²) >= 11 is 0. The SMILES string of the molecule is CC(C)c1c(C(=O)O)ccn1C(C)C. The van der Waals surface area contributed by atoms with E-state index in [-0.39, 0.29) is 5.92 Å². The topological polar surface area (TPSA) is 42.2 Å². The van der Waals surface area contributed by atoms with Crippen molar-refractivity contribution in [2.24, 2.45) is 0 Å². The molecule has 0 atom stereocenters. The number of rotatable bonds is 3. The lowest BCUT2D eigenvalue weighted by Gasteiger charge is -2.16. The number of aromatic carboxylic acids is 1. The van der Waals surface area contributed by atoms with Crippen molar-refractivity contribution in [1.82, 2.24) is 4.57 Å². The quantitative estimate of drug-likeness (QED) is 0.805. The van der Waals surface area contributed by atoms with Crippen LogP contribution in [0, 0.1) is 0 Å². The molecule has 0 bridgehead atoms. The molecule has 78 valence electrons. The van der Waals surface area contributed by atoms with Crippen LogP contribution in [0.2, 0.25) is 0 Å². The molecule has 3 heteroatoms. The molecule has 14 heavy (non-hydrogen) atoms. The summed E-state index contributed by atoms with van der Waals surface area (Å²) in [5, 5.41) is 9.00. The monoisotopic (exact) mass is 195 g/mol. The van der Waals surface area contributed by atoms with Gasteiger partial charge in [0.15, 0.2) is 0 Å². The van der Waals surface area contributed by atoms with Gasteiger partial charge < -0.3 is 9.67 Å². The maximum absolute atomic E-state index is 10.9. The normalized spacial score (nSPS) is 11.3. The van der Waals surface area contributed by atoms with Crippen molar-refractivity contribution in [3.05, 3.63) is 23.5 Å². The Balaban J connectivity index is 3.27. The molecule has 0 spiro atoms. The molecular formula is C11H17NO2. The number of carboxylic acid groups (broad SMARTS) is 1. The summed E-state index contributed by atoms with van der Waals surface area (Å²) in [6.07, 6.45) is 1.85. The van der Waals surface area contributed by atoms with Crippen molar-refractivity contribution >= 4 is 5.97 Å². The Bertz CT molecular complexity index is 337. The molecule has 0 aromatic carbocycles. The summed E-state index contributed by atoms with van der Waals surface area (Å²) < 4.78 is 2.02. The molecule has 1 rings (SSSR count). The number of hydrogen-bond donors (Lipinski definition) is 1. The van der Waals surface area contributed by atoms with E-state index >= 15 is 0 Å². The van der Waals surface area contributed by atoms with Gasteiger partial charge in [0.2, 0.25) is 0 Å². The number of aromatic nitrogens is 1. The first-order valence-electron chi connectivity index (χ1n) is 4.89. The average Bonchev–Trinajstić information content (AvgIpc) is 2.46. The average molecular weight is 195 g/mol. The lowest BCUT2D eigenvalue weighted by molar-refractivity contribution is 0.0695. The van der Waals surface area contributed by atoms with Crippen LogP contribution in [0.1, 0.15) is 55.7 Å². The van der Waals surface area contributed by atoms with E-state index in [1.807, 2.05) is 24.6 Å². The van der Waals surface area contributed by atoms with Crippen LogP contribution in [0.5, 0.6) is 0 Å². The predicted molar refractivity (Wildman–Crippen MR) is 55.9 cm³/mol. The van der Waals surface area contributed by atoms with E-state index in [0.29, 0.717) is 11.6 Å². The standard InChI is InChI=1S/C11H17NO2/c1-7(2)10-9(11(13)14)5-6-12(10)8(3)4/h5-8H,1-4H3,(H,13,14). The van der Waals surface area contributed by atoms with Gasteiger partial charge in [0.1, 0.15) is 0 Å². The summed E-state index contributed by atoms with van der Waals surface area (Å²) in [6, 6.07) is 1.98. The number of nitrogens with zero attached hydrogens (tertiary/aromatic N) is 1. The molecule has 0 aliphatic carbocycles. The van der Waals surface area contributed by atoms with Crippen molar-refractivity contribution in [3.63, 3.8) is 0 Å². The highest BCUT2D eigenvalue weighted by Gasteiger charge is 2.18. The number of hydrogen-bond acceptors (Lipinski definition) is 1. The van der Waals surface area contributed by atoms with Crippen molar-refractivity contribution in [2.45, 2.75) is 39.7 Å². The van der Waals surface area contributed by atoms with Gasteiger partial charge in [-0.15, -0.1) is 0 Å². The van der Waals surface area contributed by atoms with Gasteiger partial charge in [0.25, 0.3) is 0 Å². The molecule has 1 N–H and O–H groups in total. The highest BCUT2D eigenvalue weighted by molar-refractivity contribution is 5.89. The minimum absolute atomic E-state index is 0.235. The van der Waals surface area contributed by atoms with E-state index in [9.17, 15) is 4.79 Å². The lowest BCUT2D eigenvalue weighted by atomic mass is 10.1. The summed E-state index contributed by atoms with van der Waals surface area (Å²) in [5.41, 5.74) is 1.33. The molecule has 0 radical (unpaired) electrons. The van der Waals surface area contributed by atoms with Gasteiger partial charge in [-0.1, -0.05) is 13.8 Å². The lowest BCUT2D eigenvalue weighted by Crippen LogP contribution is -2.10. The molecule has 0 saturated heterocycles. The number of carbonyl (C=O) groups is 1. The molecule has 0 fully saturated rings. The van der Waals surface area contributed by atoms with Crippen LogP contribution >= 0.6 is 0 Å². The second-order valence-electron chi connectivity index (χ2n) is 4.08. The van der Waals surface area contributed by atoms with Crippen LogP contribution in [0.15, 0.2) is 12.3 Å². The highest BCUT2D eigenvalue weighted by Crippen LogP contribution is 2.24. The van der Waals surface area contributed by atoms with Crippen molar-refractivity contribution < 1.29 is 9.90 Å². The third kappa shape index (κ3) is 1.81. The summed E-state index contributed by atoms with van der Waals surface area (Å²) in [6.45, 7) is 8.14. The third-order valence-corrected chi connectivity index (χ3v) is 2.29. The molecule has 0 aliphatic rings. The summed E-state index contributed by atoms with van der Waals surface area (Å²) in [7, 11) is 0. The molecule has 0 amide bonds. The van der Waals surface area contributed by atoms with Gasteiger partial charge in [-0.2, -0.15) is 0 Å². The van der Waals surface area contributed by atoms with Gasteiger partial charge in [0.05, 0.1) is 5.56 Å². The largest absolute Gasteiger partial charge is 0.478 e. The van der Waals surface area contributed by atoms with Crippen LogP contribution in [-0.4, -0.2) is 15.6 Å². The van der Waals surface area contributed by atoms with Crippen LogP contribution in [0.4, 0.5) is 0 Å². The molecule has 1 heterocycles. The Morgan fingerprint density at radius 2 is 1.93 bits per heavy atom. The first-order chi connectivity index (χ1) is 6.45. The third-order valence-electron chi connectivity index (χ3n) is 2.29.